The van der Waals surface area contributed by atoms with Crippen LogP contribution in [0.15, 0.2) is 18.2 Å². The van der Waals surface area contributed by atoms with Crippen molar-refractivity contribution in [2.45, 2.75) is 18.9 Å². The van der Waals surface area contributed by atoms with Gasteiger partial charge in [-0.2, -0.15) is 0 Å². The van der Waals surface area contributed by atoms with Crippen LogP contribution in [-0.2, 0) is 4.79 Å². The maximum Gasteiger partial charge on any atom is 0.238 e. The molecule has 0 spiro atoms. The summed E-state index contributed by atoms with van der Waals surface area (Å²) in [5.41, 5.74) is 6.80. The molecule has 0 aliphatic carbocycles. The first-order valence-corrected chi connectivity index (χ1v) is 6.67. The fourth-order valence-corrected chi connectivity index (χ4v) is 2.30. The van der Waals surface area contributed by atoms with Crippen molar-refractivity contribution in [3.05, 3.63) is 23.2 Å². The molecule has 5 nitrogen and oxygen atoms in total. The van der Waals surface area contributed by atoms with E-state index in [1.54, 1.807) is 18.2 Å². The first kappa shape index (κ1) is 14.1. The highest BCUT2D eigenvalue weighted by atomic mass is 35.5. The number of nitrogens with zero attached hydrogens (tertiary/aromatic N) is 1. The van der Waals surface area contributed by atoms with E-state index in [0.29, 0.717) is 22.9 Å². The lowest BCUT2D eigenvalue weighted by Gasteiger charge is -2.28. The van der Waals surface area contributed by atoms with Crippen molar-refractivity contribution in [1.29, 1.82) is 0 Å². The number of rotatable bonds is 3. The van der Waals surface area contributed by atoms with E-state index in [4.69, 9.17) is 17.3 Å². The number of nitrogen functional groups attached to an aromatic ring is 1. The first-order valence-electron chi connectivity index (χ1n) is 6.30. The molecule has 0 atom stereocenters. The zero-order valence-electron chi connectivity index (χ0n) is 10.6. The number of benzene rings is 1. The quantitative estimate of drug-likeness (QED) is 0.731. The van der Waals surface area contributed by atoms with E-state index in [0.717, 1.165) is 25.9 Å². The molecule has 0 unspecified atom stereocenters. The third-order valence-corrected chi connectivity index (χ3v) is 3.45. The summed E-state index contributed by atoms with van der Waals surface area (Å²) < 4.78 is 0. The molecule has 1 fully saturated rings. The topological polar surface area (TPSA) is 78.6 Å². The van der Waals surface area contributed by atoms with E-state index in [2.05, 4.69) is 5.32 Å². The molecule has 1 aliphatic heterocycles. The second kappa shape index (κ2) is 6.23. The molecule has 104 valence electrons. The summed E-state index contributed by atoms with van der Waals surface area (Å²) in [5.74, 6) is -0.106. The molecule has 1 amide bonds. The van der Waals surface area contributed by atoms with Crippen molar-refractivity contribution < 1.29 is 9.90 Å². The van der Waals surface area contributed by atoms with Gasteiger partial charge in [-0.05, 0) is 31.0 Å². The number of hydrogen-bond donors (Lipinski definition) is 3. The zero-order valence-corrected chi connectivity index (χ0v) is 11.4. The van der Waals surface area contributed by atoms with E-state index >= 15 is 0 Å². The molecule has 1 aromatic rings. The van der Waals surface area contributed by atoms with E-state index in [1.807, 2.05) is 4.90 Å². The molecule has 0 aromatic heterocycles. The molecular weight excluding hydrogens is 266 g/mol. The van der Waals surface area contributed by atoms with Gasteiger partial charge in [-0.15, -0.1) is 0 Å². The predicted molar refractivity (Wildman–Crippen MR) is 76.2 cm³/mol. The van der Waals surface area contributed by atoms with Gasteiger partial charge in [0.2, 0.25) is 5.91 Å². The highest BCUT2D eigenvalue weighted by Crippen LogP contribution is 2.22. The smallest absolute Gasteiger partial charge is 0.238 e. The molecule has 1 aliphatic rings. The van der Waals surface area contributed by atoms with Crippen LogP contribution in [-0.4, -0.2) is 41.7 Å². The Hall–Kier alpha value is -1.30. The van der Waals surface area contributed by atoms with Crippen molar-refractivity contribution in [2.75, 3.05) is 30.7 Å². The van der Waals surface area contributed by atoms with Crippen molar-refractivity contribution in [1.82, 2.24) is 4.90 Å². The number of nitrogens with one attached hydrogen (secondary N) is 1. The van der Waals surface area contributed by atoms with Gasteiger partial charge in [0.1, 0.15) is 0 Å². The summed E-state index contributed by atoms with van der Waals surface area (Å²) in [5, 5.41) is 12.7. The first-order chi connectivity index (χ1) is 9.04. The SMILES string of the molecule is Nc1cc(Cl)ccc1NC(=O)CN1CCC(O)CC1. The third-order valence-electron chi connectivity index (χ3n) is 3.21. The maximum absolute atomic E-state index is 11.9. The number of likely N-dealkylation sites (tertiary alicyclic amines) is 1. The Balaban J connectivity index is 1.87. The second-order valence-corrected chi connectivity index (χ2v) is 5.22. The highest BCUT2D eigenvalue weighted by molar-refractivity contribution is 6.31. The summed E-state index contributed by atoms with van der Waals surface area (Å²) in [6.45, 7) is 1.80. The molecule has 0 radical (unpaired) electrons. The minimum Gasteiger partial charge on any atom is -0.397 e. The van der Waals surface area contributed by atoms with Gasteiger partial charge in [-0.1, -0.05) is 11.6 Å². The Labute approximate surface area is 117 Å². The molecule has 2 rings (SSSR count). The van der Waals surface area contributed by atoms with Gasteiger partial charge in [-0.3, -0.25) is 9.69 Å². The summed E-state index contributed by atoms with van der Waals surface area (Å²) in [6.07, 6.45) is 1.21. The van der Waals surface area contributed by atoms with Gasteiger partial charge >= 0.3 is 0 Å². The molecule has 1 saturated heterocycles. The Bertz CT molecular complexity index is 459. The fourth-order valence-electron chi connectivity index (χ4n) is 2.12. The van der Waals surface area contributed by atoms with Crippen LogP contribution in [0.1, 0.15) is 12.8 Å². The average Bonchev–Trinajstić information content (AvgIpc) is 2.36. The number of carbonyl (C=O) groups is 1. The Morgan fingerprint density at radius 1 is 1.47 bits per heavy atom. The maximum atomic E-state index is 11.9. The van der Waals surface area contributed by atoms with Gasteiger partial charge in [0.15, 0.2) is 0 Å². The largest absolute Gasteiger partial charge is 0.397 e. The van der Waals surface area contributed by atoms with Crippen LogP contribution in [0, 0.1) is 0 Å². The number of aliphatic hydroxyl groups is 1. The molecule has 6 heteroatoms. The average molecular weight is 284 g/mol. The molecule has 1 heterocycles. The lowest BCUT2D eigenvalue weighted by Crippen LogP contribution is -2.40. The molecule has 4 N–H and O–H groups in total. The number of nitrogens with two attached hydrogens (primary N) is 1. The van der Waals surface area contributed by atoms with Crippen LogP contribution in [0.3, 0.4) is 0 Å². The van der Waals surface area contributed by atoms with Gasteiger partial charge in [0.05, 0.1) is 24.0 Å². The number of halogens is 1. The number of anilines is 2. The number of piperidine rings is 1. The number of aliphatic hydroxyl groups excluding tert-OH is 1. The zero-order chi connectivity index (χ0) is 13.8. The van der Waals surface area contributed by atoms with Crippen molar-refractivity contribution in [3.8, 4) is 0 Å². The van der Waals surface area contributed by atoms with Crippen LogP contribution < -0.4 is 11.1 Å². The molecule has 0 saturated carbocycles. The van der Waals surface area contributed by atoms with E-state index < -0.39 is 0 Å². The molecule has 1 aromatic carbocycles. The number of carbonyl (C=O) groups excluding carboxylic acids is 1. The minimum absolute atomic E-state index is 0.106. The Kier molecular flexibility index (Phi) is 4.63. The molecular formula is C13H18ClN3O2. The van der Waals surface area contributed by atoms with Crippen molar-refractivity contribution in [2.24, 2.45) is 0 Å². The van der Waals surface area contributed by atoms with Gasteiger partial charge in [0.25, 0.3) is 0 Å². The van der Waals surface area contributed by atoms with Crippen LogP contribution >= 0.6 is 11.6 Å². The number of hydrogen-bond acceptors (Lipinski definition) is 4. The summed E-state index contributed by atoms with van der Waals surface area (Å²) in [4.78, 5) is 13.9. The summed E-state index contributed by atoms with van der Waals surface area (Å²) in [6, 6.07) is 4.98. The lowest BCUT2D eigenvalue weighted by atomic mass is 10.1. The van der Waals surface area contributed by atoms with Crippen LogP contribution in [0.4, 0.5) is 11.4 Å². The summed E-state index contributed by atoms with van der Waals surface area (Å²) in [7, 11) is 0. The van der Waals surface area contributed by atoms with Crippen molar-refractivity contribution in [3.63, 3.8) is 0 Å². The monoisotopic (exact) mass is 283 g/mol. The van der Waals surface area contributed by atoms with Crippen LogP contribution in [0.25, 0.3) is 0 Å². The normalized spacial score (nSPS) is 17.4. The molecule has 19 heavy (non-hydrogen) atoms. The van der Waals surface area contributed by atoms with E-state index in [1.165, 1.54) is 0 Å². The third kappa shape index (κ3) is 4.09. The Morgan fingerprint density at radius 2 is 2.16 bits per heavy atom. The van der Waals surface area contributed by atoms with E-state index in [-0.39, 0.29) is 12.0 Å². The van der Waals surface area contributed by atoms with Gasteiger partial charge in [-0.25, -0.2) is 0 Å². The van der Waals surface area contributed by atoms with E-state index in [9.17, 15) is 9.90 Å². The van der Waals surface area contributed by atoms with Crippen LogP contribution in [0.5, 0.6) is 0 Å². The summed E-state index contributed by atoms with van der Waals surface area (Å²) >= 11 is 5.80. The lowest BCUT2D eigenvalue weighted by molar-refractivity contribution is -0.117. The fraction of sp³-hybridized carbons (Fsp3) is 0.462. The van der Waals surface area contributed by atoms with Crippen molar-refractivity contribution >= 4 is 28.9 Å². The van der Waals surface area contributed by atoms with Gasteiger partial charge < -0.3 is 16.2 Å². The van der Waals surface area contributed by atoms with Crippen LogP contribution in [0.2, 0.25) is 5.02 Å². The predicted octanol–water partition coefficient (Wildman–Crippen LogP) is 1.32. The Morgan fingerprint density at radius 3 is 2.79 bits per heavy atom. The molecule has 0 bridgehead atoms. The highest BCUT2D eigenvalue weighted by Gasteiger charge is 2.19. The standard InChI is InChI=1S/C13H18ClN3O2/c14-9-1-2-12(11(15)7-9)16-13(19)8-17-5-3-10(18)4-6-17/h1-2,7,10,18H,3-6,8,15H2,(H,16,19). The minimum atomic E-state index is -0.230. The van der Waals surface area contributed by atoms with Gasteiger partial charge in [0, 0.05) is 18.1 Å². The second-order valence-electron chi connectivity index (χ2n) is 4.79. The number of amides is 1.